The van der Waals surface area contributed by atoms with Crippen LogP contribution < -0.4 is 16.0 Å². The van der Waals surface area contributed by atoms with E-state index >= 15 is 0 Å². The molecular formula is C18H24N4O2. The molecular weight excluding hydrogens is 304 g/mol. The minimum atomic E-state index is -0.467. The van der Waals surface area contributed by atoms with Crippen molar-refractivity contribution in [1.29, 1.82) is 5.26 Å². The molecule has 3 N–H and O–H groups in total. The highest BCUT2D eigenvalue weighted by Crippen LogP contribution is 2.12. The second kappa shape index (κ2) is 10.8. The molecule has 0 saturated carbocycles. The SMILES string of the molecule is CCCCc1ccc(NC(=O)/C(C#N)=C\NCCNC(C)=O)cc1. The lowest BCUT2D eigenvalue weighted by atomic mass is 10.1. The molecule has 24 heavy (non-hydrogen) atoms. The van der Waals surface area contributed by atoms with Crippen molar-refractivity contribution < 1.29 is 9.59 Å². The maximum atomic E-state index is 12.1. The van der Waals surface area contributed by atoms with Gasteiger partial charge in [0.2, 0.25) is 5.91 Å². The van der Waals surface area contributed by atoms with E-state index in [0.29, 0.717) is 18.8 Å². The number of hydrogen-bond donors (Lipinski definition) is 3. The van der Waals surface area contributed by atoms with Crippen molar-refractivity contribution in [1.82, 2.24) is 10.6 Å². The van der Waals surface area contributed by atoms with E-state index in [2.05, 4.69) is 22.9 Å². The van der Waals surface area contributed by atoms with Crippen LogP contribution in [0.3, 0.4) is 0 Å². The van der Waals surface area contributed by atoms with Gasteiger partial charge in [-0.05, 0) is 30.5 Å². The van der Waals surface area contributed by atoms with Crippen LogP contribution in [-0.2, 0) is 16.0 Å². The summed E-state index contributed by atoms with van der Waals surface area (Å²) in [5, 5.41) is 17.2. The fourth-order valence-corrected chi connectivity index (χ4v) is 1.97. The third kappa shape index (κ3) is 7.45. The number of anilines is 1. The van der Waals surface area contributed by atoms with Gasteiger partial charge in [-0.25, -0.2) is 0 Å². The van der Waals surface area contributed by atoms with E-state index in [1.54, 1.807) is 0 Å². The molecule has 6 nitrogen and oxygen atoms in total. The number of rotatable bonds is 9. The Balaban J connectivity index is 2.51. The summed E-state index contributed by atoms with van der Waals surface area (Å²) in [6, 6.07) is 9.49. The smallest absolute Gasteiger partial charge is 0.267 e. The van der Waals surface area contributed by atoms with Gasteiger partial charge in [0.05, 0.1) is 0 Å². The Kier molecular flexibility index (Phi) is 8.69. The molecule has 0 spiro atoms. The summed E-state index contributed by atoms with van der Waals surface area (Å²) in [5.74, 6) is -0.591. The molecule has 6 heteroatoms. The van der Waals surface area contributed by atoms with Gasteiger partial charge in [-0.1, -0.05) is 25.5 Å². The summed E-state index contributed by atoms with van der Waals surface area (Å²) in [6.07, 6.45) is 4.65. The molecule has 0 aliphatic carbocycles. The lowest BCUT2D eigenvalue weighted by Crippen LogP contribution is -2.28. The number of nitrogens with one attached hydrogen (secondary N) is 3. The quantitative estimate of drug-likeness (QED) is 0.367. The first-order valence-electron chi connectivity index (χ1n) is 8.05. The van der Waals surface area contributed by atoms with Gasteiger partial charge >= 0.3 is 0 Å². The zero-order valence-electron chi connectivity index (χ0n) is 14.2. The summed E-state index contributed by atoms with van der Waals surface area (Å²) < 4.78 is 0. The summed E-state index contributed by atoms with van der Waals surface area (Å²) >= 11 is 0. The Bertz CT molecular complexity index is 615. The van der Waals surface area contributed by atoms with Crippen molar-refractivity contribution in [2.24, 2.45) is 0 Å². The van der Waals surface area contributed by atoms with Gasteiger partial charge in [0.15, 0.2) is 0 Å². The molecule has 1 rings (SSSR count). The Labute approximate surface area is 142 Å². The Morgan fingerprint density at radius 3 is 2.50 bits per heavy atom. The first kappa shape index (κ1) is 19.2. The summed E-state index contributed by atoms with van der Waals surface area (Å²) in [5.41, 5.74) is 1.86. The number of benzene rings is 1. The third-order valence-electron chi connectivity index (χ3n) is 3.29. The van der Waals surface area contributed by atoms with Gasteiger partial charge in [-0.15, -0.1) is 0 Å². The topological polar surface area (TPSA) is 94.0 Å². The van der Waals surface area contributed by atoms with Gasteiger partial charge in [0.25, 0.3) is 5.91 Å². The van der Waals surface area contributed by atoms with Crippen LogP contribution in [0.1, 0.15) is 32.3 Å². The van der Waals surface area contributed by atoms with Gasteiger partial charge in [-0.2, -0.15) is 5.26 Å². The molecule has 0 bridgehead atoms. The van der Waals surface area contributed by atoms with Crippen molar-refractivity contribution in [2.75, 3.05) is 18.4 Å². The normalized spacial score (nSPS) is 10.6. The van der Waals surface area contributed by atoms with Gasteiger partial charge in [0, 0.05) is 31.9 Å². The van der Waals surface area contributed by atoms with Crippen LogP contribution in [0.25, 0.3) is 0 Å². The molecule has 2 amide bonds. The van der Waals surface area contributed by atoms with Crippen molar-refractivity contribution in [3.8, 4) is 6.07 Å². The van der Waals surface area contributed by atoms with E-state index in [4.69, 9.17) is 5.26 Å². The lowest BCUT2D eigenvalue weighted by Gasteiger charge is -2.07. The first-order valence-corrected chi connectivity index (χ1v) is 8.05. The average molecular weight is 328 g/mol. The molecule has 128 valence electrons. The van der Waals surface area contributed by atoms with Gasteiger partial charge < -0.3 is 16.0 Å². The number of amides is 2. The zero-order chi connectivity index (χ0) is 17.8. The van der Waals surface area contributed by atoms with E-state index in [0.717, 1.165) is 19.3 Å². The maximum Gasteiger partial charge on any atom is 0.267 e. The van der Waals surface area contributed by atoms with Crippen molar-refractivity contribution in [2.45, 2.75) is 33.1 Å². The van der Waals surface area contributed by atoms with Crippen molar-refractivity contribution >= 4 is 17.5 Å². The average Bonchev–Trinajstić information content (AvgIpc) is 2.57. The second-order valence-electron chi connectivity index (χ2n) is 5.36. The summed E-state index contributed by atoms with van der Waals surface area (Å²) in [6.45, 7) is 4.43. The number of nitrogens with zero attached hydrogens (tertiary/aromatic N) is 1. The highest BCUT2D eigenvalue weighted by Gasteiger charge is 2.09. The number of carbonyl (C=O) groups is 2. The van der Waals surface area contributed by atoms with Crippen molar-refractivity contribution in [3.63, 3.8) is 0 Å². The summed E-state index contributed by atoms with van der Waals surface area (Å²) in [4.78, 5) is 22.8. The third-order valence-corrected chi connectivity index (χ3v) is 3.29. The van der Waals surface area contributed by atoms with Crippen LogP contribution in [0.2, 0.25) is 0 Å². The largest absolute Gasteiger partial charge is 0.388 e. The predicted molar refractivity (Wildman–Crippen MR) is 94.1 cm³/mol. The molecule has 0 aliphatic heterocycles. The fraction of sp³-hybridized carbons (Fsp3) is 0.389. The maximum absolute atomic E-state index is 12.1. The van der Waals surface area contributed by atoms with E-state index in [1.165, 1.54) is 18.7 Å². The van der Waals surface area contributed by atoms with Crippen LogP contribution in [-0.4, -0.2) is 24.9 Å². The molecule has 0 unspecified atom stereocenters. The second-order valence-corrected chi connectivity index (χ2v) is 5.36. The van der Waals surface area contributed by atoms with Crippen LogP contribution in [0.4, 0.5) is 5.69 Å². The highest BCUT2D eigenvalue weighted by atomic mass is 16.2. The Morgan fingerprint density at radius 1 is 1.21 bits per heavy atom. The molecule has 1 aromatic rings. The van der Waals surface area contributed by atoms with Crippen LogP contribution in [0.5, 0.6) is 0 Å². The highest BCUT2D eigenvalue weighted by molar-refractivity contribution is 6.06. The minimum absolute atomic E-state index is 0.0205. The number of unbranched alkanes of at least 4 members (excludes halogenated alkanes) is 1. The monoisotopic (exact) mass is 328 g/mol. The van der Waals surface area contributed by atoms with Crippen LogP contribution in [0, 0.1) is 11.3 Å². The van der Waals surface area contributed by atoms with Crippen LogP contribution in [0.15, 0.2) is 36.0 Å². The predicted octanol–water partition coefficient (Wildman–Crippen LogP) is 2.10. The fourth-order valence-electron chi connectivity index (χ4n) is 1.97. The molecule has 0 saturated heterocycles. The molecule has 0 atom stereocenters. The number of carbonyl (C=O) groups excluding carboxylic acids is 2. The molecule has 0 radical (unpaired) electrons. The minimum Gasteiger partial charge on any atom is -0.388 e. The van der Waals surface area contributed by atoms with E-state index in [-0.39, 0.29) is 11.5 Å². The zero-order valence-corrected chi connectivity index (χ0v) is 14.2. The molecule has 0 aliphatic rings. The Morgan fingerprint density at radius 2 is 1.92 bits per heavy atom. The Hall–Kier alpha value is -2.81. The van der Waals surface area contributed by atoms with E-state index in [9.17, 15) is 9.59 Å². The van der Waals surface area contributed by atoms with Crippen LogP contribution >= 0.6 is 0 Å². The van der Waals surface area contributed by atoms with E-state index in [1.807, 2.05) is 30.3 Å². The van der Waals surface area contributed by atoms with E-state index < -0.39 is 5.91 Å². The molecule has 1 aromatic carbocycles. The molecule has 0 aromatic heterocycles. The number of nitriles is 1. The molecule has 0 fully saturated rings. The molecule has 0 heterocycles. The summed E-state index contributed by atoms with van der Waals surface area (Å²) in [7, 11) is 0. The lowest BCUT2D eigenvalue weighted by molar-refractivity contribution is -0.119. The first-order chi connectivity index (χ1) is 11.6. The standard InChI is InChI=1S/C18H24N4O2/c1-3-4-5-15-6-8-17(9-7-15)22-18(24)16(12-19)13-20-10-11-21-14(2)23/h6-9,13,20H,3-5,10-11H2,1-2H3,(H,21,23)(H,22,24)/b16-13-. The van der Waals surface area contributed by atoms with Gasteiger partial charge in [-0.3, -0.25) is 9.59 Å². The van der Waals surface area contributed by atoms with Crippen molar-refractivity contribution in [3.05, 3.63) is 41.6 Å². The number of hydrogen-bond acceptors (Lipinski definition) is 4. The number of aryl methyl sites for hydroxylation is 1. The van der Waals surface area contributed by atoms with Gasteiger partial charge in [0.1, 0.15) is 11.6 Å².